The van der Waals surface area contributed by atoms with Crippen molar-refractivity contribution in [2.24, 2.45) is 5.73 Å². The summed E-state index contributed by atoms with van der Waals surface area (Å²) >= 11 is 0. The number of nitrogens with two attached hydrogens (primary N) is 1. The lowest BCUT2D eigenvalue weighted by molar-refractivity contribution is 0.168. The van der Waals surface area contributed by atoms with Gasteiger partial charge in [-0.25, -0.2) is 4.79 Å². The molecule has 2 amide bonds. The van der Waals surface area contributed by atoms with Crippen LogP contribution in [0.5, 0.6) is 0 Å². The molecule has 2 rings (SSSR count). The lowest BCUT2D eigenvalue weighted by Crippen LogP contribution is -2.63. The number of nitrogens with zero attached hydrogens (tertiary/aromatic N) is 2. The molecule has 20 heavy (non-hydrogen) atoms. The smallest absolute Gasteiger partial charge is 0.318 e. The van der Waals surface area contributed by atoms with Crippen LogP contribution in [0.4, 0.5) is 4.79 Å². The van der Waals surface area contributed by atoms with E-state index in [1.807, 2.05) is 4.90 Å². The number of hydrogen-bond donors (Lipinski definition) is 3. The Labute approximate surface area is 121 Å². The Morgan fingerprint density at radius 1 is 1.10 bits per heavy atom. The van der Waals surface area contributed by atoms with Gasteiger partial charge in [0.05, 0.1) is 0 Å². The SMILES string of the molecule is CN1CCC(NC(=O)N2CCCCCC2)(C(=N)N)CC1. The zero-order chi connectivity index (χ0) is 14.6. The van der Waals surface area contributed by atoms with E-state index < -0.39 is 5.54 Å². The van der Waals surface area contributed by atoms with Gasteiger partial charge in [0.15, 0.2) is 0 Å². The topological polar surface area (TPSA) is 85.5 Å². The summed E-state index contributed by atoms with van der Waals surface area (Å²) in [5, 5.41) is 10.9. The normalized spacial score (nSPS) is 23.9. The Bertz CT molecular complexity index is 355. The van der Waals surface area contributed by atoms with E-state index >= 15 is 0 Å². The van der Waals surface area contributed by atoms with Gasteiger partial charge in [-0.3, -0.25) is 5.41 Å². The summed E-state index contributed by atoms with van der Waals surface area (Å²) in [4.78, 5) is 16.6. The highest BCUT2D eigenvalue weighted by molar-refractivity contribution is 5.92. The number of rotatable bonds is 2. The van der Waals surface area contributed by atoms with Crippen LogP contribution in [0.3, 0.4) is 0 Å². The minimum atomic E-state index is -0.643. The van der Waals surface area contributed by atoms with Crippen molar-refractivity contribution in [3.8, 4) is 0 Å². The van der Waals surface area contributed by atoms with Gasteiger partial charge >= 0.3 is 6.03 Å². The van der Waals surface area contributed by atoms with Crippen LogP contribution >= 0.6 is 0 Å². The van der Waals surface area contributed by atoms with Gasteiger partial charge in [-0.1, -0.05) is 12.8 Å². The Hall–Kier alpha value is -1.30. The van der Waals surface area contributed by atoms with Crippen LogP contribution in [0.2, 0.25) is 0 Å². The fourth-order valence-electron chi connectivity index (χ4n) is 3.02. The van der Waals surface area contributed by atoms with Crippen molar-refractivity contribution in [1.82, 2.24) is 15.1 Å². The predicted octanol–water partition coefficient (Wildman–Crippen LogP) is 0.972. The van der Waals surface area contributed by atoms with Gasteiger partial charge < -0.3 is 20.9 Å². The highest BCUT2D eigenvalue weighted by Crippen LogP contribution is 2.22. The maximum Gasteiger partial charge on any atom is 0.318 e. The molecule has 0 aromatic rings. The van der Waals surface area contributed by atoms with Gasteiger partial charge in [0.2, 0.25) is 0 Å². The molecule has 0 saturated carbocycles. The Morgan fingerprint density at radius 2 is 1.65 bits per heavy atom. The molecule has 0 aromatic heterocycles. The number of piperidine rings is 1. The zero-order valence-corrected chi connectivity index (χ0v) is 12.5. The molecule has 2 aliphatic heterocycles. The molecule has 114 valence electrons. The molecule has 0 bridgehead atoms. The monoisotopic (exact) mass is 281 g/mol. The second-order valence-corrected chi connectivity index (χ2v) is 6.13. The standard InChI is InChI=1S/C14H27N5O/c1-18-10-6-14(7-11-18,12(15)16)17-13(20)19-8-4-2-3-5-9-19/h2-11H2,1H3,(H3,15,16)(H,17,20). The Morgan fingerprint density at radius 3 is 2.15 bits per heavy atom. The van der Waals surface area contributed by atoms with Crippen molar-refractivity contribution in [3.63, 3.8) is 0 Å². The molecule has 2 saturated heterocycles. The first kappa shape index (κ1) is 15.1. The number of nitrogens with one attached hydrogen (secondary N) is 2. The molecule has 6 heteroatoms. The largest absolute Gasteiger partial charge is 0.386 e. The molecule has 0 unspecified atom stereocenters. The van der Waals surface area contributed by atoms with Crippen LogP contribution in [0.15, 0.2) is 0 Å². The fourth-order valence-corrected chi connectivity index (χ4v) is 3.02. The van der Waals surface area contributed by atoms with Crippen molar-refractivity contribution in [2.45, 2.75) is 44.1 Å². The van der Waals surface area contributed by atoms with E-state index in [9.17, 15) is 4.79 Å². The van der Waals surface area contributed by atoms with Gasteiger partial charge in [-0.05, 0) is 32.7 Å². The summed E-state index contributed by atoms with van der Waals surface area (Å²) in [5.74, 6) is 0.0915. The van der Waals surface area contributed by atoms with E-state index in [0.717, 1.165) is 51.9 Å². The summed E-state index contributed by atoms with van der Waals surface area (Å²) in [7, 11) is 2.06. The summed E-state index contributed by atoms with van der Waals surface area (Å²) < 4.78 is 0. The van der Waals surface area contributed by atoms with Crippen molar-refractivity contribution in [3.05, 3.63) is 0 Å². The van der Waals surface area contributed by atoms with Gasteiger partial charge in [-0.2, -0.15) is 0 Å². The molecular weight excluding hydrogens is 254 g/mol. The van der Waals surface area contributed by atoms with Crippen LogP contribution in [-0.4, -0.2) is 60.4 Å². The summed E-state index contributed by atoms with van der Waals surface area (Å²) in [6.45, 7) is 3.36. The van der Waals surface area contributed by atoms with Crippen molar-refractivity contribution in [1.29, 1.82) is 5.41 Å². The third-order valence-corrected chi connectivity index (χ3v) is 4.60. The van der Waals surface area contributed by atoms with Crippen LogP contribution in [0.25, 0.3) is 0 Å². The minimum absolute atomic E-state index is 0.0494. The quantitative estimate of drug-likeness (QED) is 0.521. The van der Waals surface area contributed by atoms with E-state index in [4.69, 9.17) is 11.1 Å². The molecule has 4 N–H and O–H groups in total. The number of urea groups is 1. The molecule has 0 atom stereocenters. The first-order valence-corrected chi connectivity index (χ1v) is 7.64. The average molecular weight is 281 g/mol. The van der Waals surface area contributed by atoms with Crippen LogP contribution in [0, 0.1) is 5.41 Å². The number of likely N-dealkylation sites (tertiary alicyclic amines) is 2. The van der Waals surface area contributed by atoms with E-state index in [0.29, 0.717) is 0 Å². The lowest BCUT2D eigenvalue weighted by Gasteiger charge is -2.41. The molecular formula is C14H27N5O. The van der Waals surface area contributed by atoms with Gasteiger partial charge in [-0.15, -0.1) is 0 Å². The van der Waals surface area contributed by atoms with Crippen LogP contribution in [-0.2, 0) is 0 Å². The number of amidine groups is 1. The van der Waals surface area contributed by atoms with Gasteiger partial charge in [0, 0.05) is 26.2 Å². The third kappa shape index (κ3) is 3.42. The third-order valence-electron chi connectivity index (χ3n) is 4.60. The van der Waals surface area contributed by atoms with E-state index in [-0.39, 0.29) is 11.9 Å². The second kappa shape index (κ2) is 6.43. The first-order chi connectivity index (χ1) is 9.53. The van der Waals surface area contributed by atoms with Gasteiger partial charge in [0.25, 0.3) is 0 Å². The fraction of sp³-hybridized carbons (Fsp3) is 0.857. The zero-order valence-electron chi connectivity index (χ0n) is 12.5. The molecule has 0 aromatic carbocycles. The molecule has 6 nitrogen and oxygen atoms in total. The maximum atomic E-state index is 12.5. The lowest BCUT2D eigenvalue weighted by atomic mass is 9.86. The Kier molecular flexibility index (Phi) is 4.86. The molecule has 2 aliphatic rings. The predicted molar refractivity (Wildman–Crippen MR) is 79.9 cm³/mol. The minimum Gasteiger partial charge on any atom is -0.386 e. The van der Waals surface area contributed by atoms with Crippen LogP contribution in [0.1, 0.15) is 38.5 Å². The molecule has 0 spiro atoms. The summed E-state index contributed by atoms with van der Waals surface area (Å²) in [6.07, 6.45) is 5.99. The van der Waals surface area contributed by atoms with Crippen molar-refractivity contribution >= 4 is 11.9 Å². The van der Waals surface area contributed by atoms with E-state index in [1.165, 1.54) is 12.8 Å². The Balaban J connectivity index is 2.00. The van der Waals surface area contributed by atoms with E-state index in [2.05, 4.69) is 17.3 Å². The van der Waals surface area contributed by atoms with Gasteiger partial charge in [0.1, 0.15) is 11.4 Å². The highest BCUT2D eigenvalue weighted by Gasteiger charge is 2.39. The summed E-state index contributed by atoms with van der Waals surface area (Å²) in [5.41, 5.74) is 5.14. The van der Waals surface area contributed by atoms with Crippen molar-refractivity contribution < 1.29 is 4.79 Å². The van der Waals surface area contributed by atoms with Crippen LogP contribution < -0.4 is 11.1 Å². The average Bonchev–Trinajstić information content (AvgIpc) is 2.70. The highest BCUT2D eigenvalue weighted by atomic mass is 16.2. The number of carbonyl (C=O) groups is 1. The molecule has 2 heterocycles. The first-order valence-electron chi connectivity index (χ1n) is 7.64. The molecule has 2 fully saturated rings. The molecule has 0 aliphatic carbocycles. The second-order valence-electron chi connectivity index (χ2n) is 6.13. The summed E-state index contributed by atoms with van der Waals surface area (Å²) in [6, 6.07) is -0.0494. The van der Waals surface area contributed by atoms with E-state index in [1.54, 1.807) is 0 Å². The number of amides is 2. The number of carbonyl (C=O) groups excluding carboxylic acids is 1. The van der Waals surface area contributed by atoms with Crippen molar-refractivity contribution in [2.75, 3.05) is 33.2 Å². The maximum absolute atomic E-state index is 12.5. The number of hydrogen-bond acceptors (Lipinski definition) is 3. The molecule has 0 radical (unpaired) electrons.